The second-order valence-electron chi connectivity index (χ2n) is 5.61. The van der Waals surface area contributed by atoms with Gasteiger partial charge in [0.2, 0.25) is 5.91 Å². The van der Waals surface area contributed by atoms with Gasteiger partial charge in [-0.1, -0.05) is 24.3 Å². The van der Waals surface area contributed by atoms with Gasteiger partial charge in [0.1, 0.15) is 0 Å². The van der Waals surface area contributed by atoms with Crippen LogP contribution in [0.25, 0.3) is 0 Å². The summed E-state index contributed by atoms with van der Waals surface area (Å²) >= 11 is 0. The first-order valence-corrected chi connectivity index (χ1v) is 7.24. The second kappa shape index (κ2) is 6.71. The van der Waals surface area contributed by atoms with Crippen molar-refractivity contribution in [2.75, 3.05) is 0 Å². The van der Waals surface area contributed by atoms with E-state index < -0.39 is 0 Å². The molecule has 0 radical (unpaired) electrons. The van der Waals surface area contributed by atoms with Gasteiger partial charge in [-0.3, -0.25) is 4.79 Å². The Morgan fingerprint density at radius 2 is 1.95 bits per heavy atom. The molecule has 3 nitrogen and oxygen atoms in total. The summed E-state index contributed by atoms with van der Waals surface area (Å²) in [6.07, 6.45) is 5.51. The Hall–Kier alpha value is -1.35. The fourth-order valence-electron chi connectivity index (χ4n) is 2.70. The van der Waals surface area contributed by atoms with Crippen LogP contribution in [0.1, 0.15) is 43.2 Å². The molecule has 0 saturated heterocycles. The largest absolute Gasteiger partial charge is 0.353 e. The molecule has 1 aliphatic carbocycles. The van der Waals surface area contributed by atoms with Crippen molar-refractivity contribution in [2.24, 2.45) is 5.73 Å². The Kier molecular flexibility index (Phi) is 4.97. The zero-order valence-corrected chi connectivity index (χ0v) is 11.7. The average molecular weight is 260 g/mol. The maximum absolute atomic E-state index is 11.9. The lowest BCUT2D eigenvalue weighted by atomic mass is 9.91. The van der Waals surface area contributed by atoms with E-state index in [0.29, 0.717) is 18.5 Å². The summed E-state index contributed by atoms with van der Waals surface area (Å²) in [5, 5.41) is 3.13. The first kappa shape index (κ1) is 14.1. The lowest BCUT2D eigenvalue weighted by Gasteiger charge is -2.26. The number of carbonyl (C=O) groups is 1. The molecule has 2 rings (SSSR count). The van der Waals surface area contributed by atoms with Crippen LogP contribution >= 0.6 is 0 Å². The van der Waals surface area contributed by atoms with E-state index in [0.717, 1.165) is 32.1 Å². The van der Waals surface area contributed by atoms with Gasteiger partial charge in [0.05, 0.1) is 0 Å². The van der Waals surface area contributed by atoms with Crippen LogP contribution in [0, 0.1) is 6.92 Å². The summed E-state index contributed by atoms with van der Waals surface area (Å²) < 4.78 is 0. The van der Waals surface area contributed by atoms with Gasteiger partial charge in [-0.25, -0.2) is 0 Å². The Labute approximate surface area is 115 Å². The van der Waals surface area contributed by atoms with Gasteiger partial charge in [0, 0.05) is 18.5 Å². The van der Waals surface area contributed by atoms with Crippen molar-refractivity contribution in [2.45, 2.75) is 57.5 Å². The van der Waals surface area contributed by atoms with Crippen LogP contribution in [0.4, 0.5) is 0 Å². The first-order valence-electron chi connectivity index (χ1n) is 7.24. The molecule has 0 unspecified atom stereocenters. The van der Waals surface area contributed by atoms with Gasteiger partial charge in [0.15, 0.2) is 0 Å². The molecular weight excluding hydrogens is 236 g/mol. The molecule has 1 aliphatic rings. The van der Waals surface area contributed by atoms with E-state index in [1.807, 2.05) is 12.1 Å². The Bertz CT molecular complexity index is 423. The summed E-state index contributed by atoms with van der Waals surface area (Å²) in [6.45, 7) is 2.09. The van der Waals surface area contributed by atoms with E-state index in [1.54, 1.807) is 0 Å². The van der Waals surface area contributed by atoms with Crippen LogP contribution in [0.3, 0.4) is 0 Å². The van der Waals surface area contributed by atoms with E-state index in [-0.39, 0.29) is 5.91 Å². The van der Waals surface area contributed by atoms with Gasteiger partial charge in [-0.05, 0) is 50.2 Å². The summed E-state index contributed by atoms with van der Waals surface area (Å²) in [5.41, 5.74) is 8.40. The van der Waals surface area contributed by atoms with E-state index in [9.17, 15) is 4.79 Å². The van der Waals surface area contributed by atoms with Gasteiger partial charge < -0.3 is 11.1 Å². The highest BCUT2D eigenvalue weighted by atomic mass is 16.1. The molecule has 0 atom stereocenters. The van der Waals surface area contributed by atoms with Crippen LogP contribution in [-0.4, -0.2) is 18.0 Å². The lowest BCUT2D eigenvalue weighted by Crippen LogP contribution is -2.40. The number of hydrogen-bond donors (Lipinski definition) is 2. The van der Waals surface area contributed by atoms with Crippen molar-refractivity contribution in [3.05, 3.63) is 35.4 Å². The second-order valence-corrected chi connectivity index (χ2v) is 5.61. The topological polar surface area (TPSA) is 55.1 Å². The fourth-order valence-corrected chi connectivity index (χ4v) is 2.70. The molecule has 1 amide bonds. The first-order chi connectivity index (χ1) is 9.15. The van der Waals surface area contributed by atoms with Gasteiger partial charge in [-0.2, -0.15) is 0 Å². The molecule has 3 N–H and O–H groups in total. The third kappa shape index (κ3) is 4.35. The van der Waals surface area contributed by atoms with Crippen molar-refractivity contribution in [1.29, 1.82) is 0 Å². The third-order valence-corrected chi connectivity index (χ3v) is 4.02. The van der Waals surface area contributed by atoms with E-state index in [1.165, 1.54) is 11.1 Å². The van der Waals surface area contributed by atoms with E-state index in [4.69, 9.17) is 5.73 Å². The molecule has 0 aromatic heterocycles. The number of amides is 1. The molecule has 1 aromatic rings. The van der Waals surface area contributed by atoms with Crippen molar-refractivity contribution in [1.82, 2.24) is 5.32 Å². The zero-order valence-electron chi connectivity index (χ0n) is 11.7. The molecule has 0 bridgehead atoms. The van der Waals surface area contributed by atoms with Crippen molar-refractivity contribution >= 4 is 5.91 Å². The van der Waals surface area contributed by atoms with Gasteiger partial charge in [-0.15, -0.1) is 0 Å². The molecule has 3 heteroatoms. The predicted molar refractivity (Wildman–Crippen MR) is 77.9 cm³/mol. The van der Waals surface area contributed by atoms with E-state index >= 15 is 0 Å². The van der Waals surface area contributed by atoms with Crippen LogP contribution in [-0.2, 0) is 11.2 Å². The molecule has 1 fully saturated rings. The fraction of sp³-hybridized carbons (Fsp3) is 0.562. The van der Waals surface area contributed by atoms with Gasteiger partial charge in [0.25, 0.3) is 0 Å². The molecule has 104 valence electrons. The SMILES string of the molecule is Cc1ccccc1CCC(=O)NC1CCC(N)CC1. The van der Waals surface area contributed by atoms with Crippen LogP contribution in [0.2, 0.25) is 0 Å². The molecule has 1 saturated carbocycles. The van der Waals surface area contributed by atoms with Crippen molar-refractivity contribution < 1.29 is 4.79 Å². The number of rotatable bonds is 4. The number of aryl methyl sites for hydroxylation is 2. The van der Waals surface area contributed by atoms with Crippen molar-refractivity contribution in [3.63, 3.8) is 0 Å². The number of nitrogens with two attached hydrogens (primary N) is 1. The average Bonchev–Trinajstić information content (AvgIpc) is 2.40. The Morgan fingerprint density at radius 1 is 1.26 bits per heavy atom. The molecule has 0 spiro atoms. The summed E-state index contributed by atoms with van der Waals surface area (Å²) in [6, 6.07) is 8.93. The predicted octanol–water partition coefficient (Wildman–Crippen LogP) is 2.31. The normalized spacial score (nSPS) is 23.1. The summed E-state index contributed by atoms with van der Waals surface area (Å²) in [7, 11) is 0. The minimum Gasteiger partial charge on any atom is -0.353 e. The number of hydrogen-bond acceptors (Lipinski definition) is 2. The maximum atomic E-state index is 11.9. The summed E-state index contributed by atoms with van der Waals surface area (Å²) in [5.74, 6) is 0.170. The quantitative estimate of drug-likeness (QED) is 0.873. The monoisotopic (exact) mass is 260 g/mol. The number of nitrogens with one attached hydrogen (secondary N) is 1. The van der Waals surface area contributed by atoms with Crippen molar-refractivity contribution in [3.8, 4) is 0 Å². The minimum absolute atomic E-state index is 0.170. The van der Waals surface area contributed by atoms with Crippen LogP contribution in [0.15, 0.2) is 24.3 Å². The number of benzene rings is 1. The molecule has 0 aliphatic heterocycles. The van der Waals surface area contributed by atoms with E-state index in [2.05, 4.69) is 24.4 Å². The molecule has 0 heterocycles. The highest BCUT2D eigenvalue weighted by Gasteiger charge is 2.19. The number of carbonyl (C=O) groups excluding carboxylic acids is 1. The minimum atomic E-state index is 0.170. The van der Waals surface area contributed by atoms with Crippen LogP contribution < -0.4 is 11.1 Å². The molecule has 1 aromatic carbocycles. The maximum Gasteiger partial charge on any atom is 0.220 e. The zero-order chi connectivity index (χ0) is 13.7. The Morgan fingerprint density at radius 3 is 2.63 bits per heavy atom. The highest BCUT2D eigenvalue weighted by molar-refractivity contribution is 5.76. The van der Waals surface area contributed by atoms with Crippen LogP contribution in [0.5, 0.6) is 0 Å². The lowest BCUT2D eigenvalue weighted by molar-refractivity contribution is -0.122. The highest BCUT2D eigenvalue weighted by Crippen LogP contribution is 2.17. The Balaban J connectivity index is 1.74. The third-order valence-electron chi connectivity index (χ3n) is 4.02. The summed E-state index contributed by atoms with van der Waals surface area (Å²) in [4.78, 5) is 11.9. The smallest absolute Gasteiger partial charge is 0.220 e. The molecular formula is C16H24N2O. The van der Waals surface area contributed by atoms with Gasteiger partial charge >= 0.3 is 0 Å². The standard InChI is InChI=1S/C16H24N2O/c1-12-4-2-3-5-13(12)6-11-16(19)18-15-9-7-14(17)8-10-15/h2-5,14-15H,6-11,17H2,1H3,(H,18,19). The molecule has 19 heavy (non-hydrogen) atoms.